The molecule has 2 unspecified atom stereocenters. The molecule has 1 heterocycles. The van der Waals surface area contributed by atoms with E-state index in [4.69, 9.17) is 0 Å². The van der Waals surface area contributed by atoms with Gasteiger partial charge < -0.3 is 10.6 Å². The third-order valence-corrected chi connectivity index (χ3v) is 3.30. The molecule has 0 bridgehead atoms. The normalized spacial score (nSPS) is 22.4. The highest BCUT2D eigenvalue weighted by molar-refractivity contribution is 5.85. The van der Waals surface area contributed by atoms with Gasteiger partial charge in [0.05, 0.1) is 6.42 Å². The molecular formula is C14H20ClFN2O. The molecule has 1 fully saturated rings. The molecule has 0 aliphatic carbocycles. The molecule has 3 nitrogen and oxygen atoms in total. The average Bonchev–Trinajstić information content (AvgIpc) is 2.32. The number of piperidine rings is 1. The Balaban J connectivity index is 0.00000180. The van der Waals surface area contributed by atoms with E-state index in [9.17, 15) is 9.18 Å². The highest BCUT2D eigenvalue weighted by Gasteiger charge is 2.20. The fourth-order valence-electron chi connectivity index (χ4n) is 2.36. The van der Waals surface area contributed by atoms with Gasteiger partial charge in [0, 0.05) is 12.1 Å². The molecule has 2 N–H and O–H groups in total. The lowest BCUT2D eigenvalue weighted by Gasteiger charge is -2.28. The topological polar surface area (TPSA) is 41.1 Å². The predicted molar refractivity (Wildman–Crippen MR) is 76.0 cm³/mol. The van der Waals surface area contributed by atoms with Gasteiger partial charge in [0.15, 0.2) is 0 Å². The van der Waals surface area contributed by atoms with Gasteiger partial charge >= 0.3 is 0 Å². The zero-order chi connectivity index (χ0) is 13.0. The van der Waals surface area contributed by atoms with E-state index in [0.29, 0.717) is 11.6 Å². The van der Waals surface area contributed by atoms with Crippen LogP contribution in [0.1, 0.15) is 25.3 Å². The van der Waals surface area contributed by atoms with Crippen LogP contribution in [0.4, 0.5) is 4.39 Å². The Morgan fingerprint density at radius 1 is 1.47 bits per heavy atom. The molecule has 5 heteroatoms. The van der Waals surface area contributed by atoms with Crippen LogP contribution < -0.4 is 10.6 Å². The third kappa shape index (κ3) is 4.80. The zero-order valence-electron chi connectivity index (χ0n) is 11.0. The van der Waals surface area contributed by atoms with Crippen molar-refractivity contribution in [1.29, 1.82) is 0 Å². The molecule has 0 saturated carbocycles. The van der Waals surface area contributed by atoms with Crippen molar-refractivity contribution in [2.75, 3.05) is 6.54 Å². The van der Waals surface area contributed by atoms with Crippen molar-refractivity contribution < 1.29 is 9.18 Å². The molecule has 1 amide bonds. The Morgan fingerprint density at radius 3 is 2.89 bits per heavy atom. The summed E-state index contributed by atoms with van der Waals surface area (Å²) in [7, 11) is 0. The molecule has 2 rings (SSSR count). The van der Waals surface area contributed by atoms with Crippen LogP contribution in [0.25, 0.3) is 0 Å². The molecule has 1 aliphatic rings. The number of hydrogen-bond acceptors (Lipinski definition) is 2. The summed E-state index contributed by atoms with van der Waals surface area (Å²) in [5.41, 5.74) is 0.456. The summed E-state index contributed by atoms with van der Waals surface area (Å²) in [6.07, 6.45) is 1.99. The lowest BCUT2D eigenvalue weighted by atomic mass is 10.0. The largest absolute Gasteiger partial charge is 0.353 e. The molecular weight excluding hydrogens is 267 g/mol. The molecule has 2 atom stereocenters. The lowest BCUT2D eigenvalue weighted by Crippen LogP contribution is -2.47. The first-order valence-corrected chi connectivity index (χ1v) is 6.41. The molecule has 106 valence electrons. The first kappa shape index (κ1) is 15.9. The van der Waals surface area contributed by atoms with Gasteiger partial charge in [0.25, 0.3) is 0 Å². The van der Waals surface area contributed by atoms with Crippen molar-refractivity contribution in [1.82, 2.24) is 10.6 Å². The fraction of sp³-hybridized carbons (Fsp3) is 0.500. The molecule has 1 aromatic carbocycles. The zero-order valence-corrected chi connectivity index (χ0v) is 11.8. The number of nitrogens with one attached hydrogen (secondary N) is 2. The number of carbonyl (C=O) groups excluding carboxylic acids is 1. The molecule has 0 aromatic heterocycles. The smallest absolute Gasteiger partial charge is 0.224 e. The van der Waals surface area contributed by atoms with Gasteiger partial charge in [0.1, 0.15) is 5.82 Å². The van der Waals surface area contributed by atoms with Crippen molar-refractivity contribution in [2.45, 2.75) is 38.3 Å². The SMILES string of the molecule is CC1CC(NC(=O)Cc2ccccc2F)CCN1.Cl. The molecule has 1 aromatic rings. The van der Waals surface area contributed by atoms with E-state index < -0.39 is 0 Å². The van der Waals surface area contributed by atoms with Gasteiger partial charge in [-0.1, -0.05) is 18.2 Å². The third-order valence-electron chi connectivity index (χ3n) is 3.30. The van der Waals surface area contributed by atoms with E-state index in [1.54, 1.807) is 18.2 Å². The van der Waals surface area contributed by atoms with Crippen molar-refractivity contribution >= 4 is 18.3 Å². The first-order valence-electron chi connectivity index (χ1n) is 6.41. The molecule has 1 aliphatic heterocycles. The quantitative estimate of drug-likeness (QED) is 0.893. The van der Waals surface area contributed by atoms with E-state index in [2.05, 4.69) is 17.6 Å². The number of hydrogen-bond donors (Lipinski definition) is 2. The van der Waals surface area contributed by atoms with E-state index in [1.807, 2.05) is 0 Å². The summed E-state index contributed by atoms with van der Waals surface area (Å²) in [6, 6.07) is 7.05. The highest BCUT2D eigenvalue weighted by Crippen LogP contribution is 2.10. The van der Waals surface area contributed by atoms with Gasteiger partial charge in [-0.15, -0.1) is 12.4 Å². The van der Waals surface area contributed by atoms with E-state index in [0.717, 1.165) is 19.4 Å². The summed E-state index contributed by atoms with van der Waals surface area (Å²) in [5, 5.41) is 6.31. The second-order valence-corrected chi connectivity index (χ2v) is 4.91. The molecule has 0 radical (unpaired) electrons. The Hall–Kier alpha value is -1.13. The number of benzene rings is 1. The van der Waals surface area contributed by atoms with Crippen molar-refractivity contribution in [3.63, 3.8) is 0 Å². The summed E-state index contributed by atoms with van der Waals surface area (Å²) in [4.78, 5) is 11.8. The van der Waals surface area contributed by atoms with Gasteiger partial charge in [-0.25, -0.2) is 4.39 Å². The van der Waals surface area contributed by atoms with E-state index in [1.165, 1.54) is 6.07 Å². The van der Waals surface area contributed by atoms with Crippen molar-refractivity contribution in [3.05, 3.63) is 35.6 Å². The maximum Gasteiger partial charge on any atom is 0.224 e. The fourth-order valence-corrected chi connectivity index (χ4v) is 2.36. The average molecular weight is 287 g/mol. The molecule has 1 saturated heterocycles. The number of amides is 1. The Labute approximate surface area is 119 Å². The number of rotatable bonds is 3. The maximum atomic E-state index is 13.4. The minimum atomic E-state index is -0.314. The molecule has 19 heavy (non-hydrogen) atoms. The summed E-state index contributed by atoms with van der Waals surface area (Å²) in [5.74, 6) is -0.412. The Morgan fingerprint density at radius 2 is 2.21 bits per heavy atom. The van der Waals surface area contributed by atoms with Gasteiger partial charge in [-0.3, -0.25) is 4.79 Å². The van der Waals surface area contributed by atoms with Crippen LogP contribution >= 0.6 is 12.4 Å². The van der Waals surface area contributed by atoms with Crippen LogP contribution in [-0.4, -0.2) is 24.5 Å². The van der Waals surface area contributed by atoms with Crippen LogP contribution in [0.2, 0.25) is 0 Å². The van der Waals surface area contributed by atoms with Gasteiger partial charge in [-0.05, 0) is 37.9 Å². The first-order chi connectivity index (χ1) is 8.65. The predicted octanol–water partition coefficient (Wildman–Crippen LogP) is 2.05. The molecule has 0 spiro atoms. The summed E-state index contributed by atoms with van der Waals surface area (Å²) in [6.45, 7) is 3.03. The monoisotopic (exact) mass is 286 g/mol. The summed E-state index contributed by atoms with van der Waals surface area (Å²) >= 11 is 0. The van der Waals surface area contributed by atoms with E-state index in [-0.39, 0.29) is 36.6 Å². The van der Waals surface area contributed by atoms with Crippen molar-refractivity contribution in [2.24, 2.45) is 0 Å². The second-order valence-electron chi connectivity index (χ2n) is 4.91. The van der Waals surface area contributed by atoms with Crippen molar-refractivity contribution in [3.8, 4) is 0 Å². The second kappa shape index (κ2) is 7.46. The Kier molecular flexibility index (Phi) is 6.25. The van der Waals surface area contributed by atoms with Crippen LogP contribution in [0.5, 0.6) is 0 Å². The highest BCUT2D eigenvalue weighted by atomic mass is 35.5. The van der Waals surface area contributed by atoms with Gasteiger partial charge in [0.2, 0.25) is 5.91 Å². The summed E-state index contributed by atoms with van der Waals surface area (Å²) < 4.78 is 13.4. The van der Waals surface area contributed by atoms with Gasteiger partial charge in [-0.2, -0.15) is 0 Å². The minimum absolute atomic E-state index is 0. The minimum Gasteiger partial charge on any atom is -0.353 e. The maximum absolute atomic E-state index is 13.4. The lowest BCUT2D eigenvalue weighted by molar-refractivity contribution is -0.121. The van der Waals surface area contributed by atoms with Crippen LogP contribution in [-0.2, 0) is 11.2 Å². The van der Waals surface area contributed by atoms with Crippen LogP contribution in [0.15, 0.2) is 24.3 Å². The van der Waals surface area contributed by atoms with E-state index >= 15 is 0 Å². The standard InChI is InChI=1S/C14H19FN2O.ClH/c1-10-8-12(6-7-16-10)17-14(18)9-11-4-2-3-5-13(11)15;/h2-5,10,12,16H,6-9H2,1H3,(H,17,18);1H. The van der Waals surface area contributed by atoms with Crippen LogP contribution in [0, 0.1) is 5.82 Å². The number of halogens is 2. The van der Waals surface area contributed by atoms with Crippen LogP contribution in [0.3, 0.4) is 0 Å². The number of carbonyl (C=O) groups is 1. The Bertz CT molecular complexity index is 428.